The molecular weight excluding hydrogens is 408 g/mol. The van der Waals surface area contributed by atoms with Gasteiger partial charge in [0.1, 0.15) is 11.5 Å². The Kier molecular flexibility index (Phi) is 7.42. The molecule has 2 aromatic rings. The summed E-state index contributed by atoms with van der Waals surface area (Å²) in [6, 6.07) is 13.3. The predicted molar refractivity (Wildman–Crippen MR) is 112 cm³/mol. The Morgan fingerprint density at radius 1 is 1.15 bits per heavy atom. The van der Waals surface area contributed by atoms with Gasteiger partial charge in [-0.3, -0.25) is 4.79 Å². The van der Waals surface area contributed by atoms with Crippen LogP contribution in [0.5, 0.6) is 11.5 Å². The molecule has 0 aliphatic carbocycles. The van der Waals surface area contributed by atoms with Crippen molar-refractivity contribution in [3.63, 3.8) is 0 Å². The lowest BCUT2D eigenvalue weighted by molar-refractivity contribution is -0.123. The van der Waals surface area contributed by atoms with E-state index in [9.17, 15) is 4.79 Å². The van der Waals surface area contributed by atoms with E-state index in [4.69, 9.17) is 9.47 Å². The second kappa shape index (κ2) is 9.55. The standard InChI is InChI=1S/C21H25BrN2O3/c1-5-26-18-9-7-6-8-15(18)13-23-24-20(25)14-27-19-11-10-16(22)12-17(19)21(2,3)4/h6-13H,5,14H2,1-4H3,(H,24,25)/b23-13+. The first-order valence-electron chi connectivity index (χ1n) is 8.78. The SMILES string of the molecule is CCOc1ccccc1/C=N/NC(=O)COc1ccc(Br)cc1C(C)(C)C. The van der Waals surface area contributed by atoms with Gasteiger partial charge in [0.05, 0.1) is 12.8 Å². The molecule has 1 amide bonds. The number of nitrogens with one attached hydrogen (secondary N) is 1. The fourth-order valence-corrected chi connectivity index (χ4v) is 2.80. The van der Waals surface area contributed by atoms with Crippen LogP contribution in [0.15, 0.2) is 52.0 Å². The predicted octanol–water partition coefficient (Wildman–Crippen LogP) is 4.67. The second-order valence-corrected chi connectivity index (χ2v) is 7.86. The molecule has 0 radical (unpaired) electrons. The van der Waals surface area contributed by atoms with E-state index in [1.165, 1.54) is 0 Å². The van der Waals surface area contributed by atoms with Crippen LogP contribution in [0.2, 0.25) is 0 Å². The quantitative estimate of drug-likeness (QED) is 0.510. The molecule has 2 rings (SSSR count). The minimum Gasteiger partial charge on any atom is -0.493 e. The number of hydrogen-bond acceptors (Lipinski definition) is 4. The van der Waals surface area contributed by atoms with Crippen molar-refractivity contribution in [1.82, 2.24) is 5.43 Å². The minimum absolute atomic E-state index is 0.100. The van der Waals surface area contributed by atoms with Gasteiger partial charge >= 0.3 is 0 Å². The summed E-state index contributed by atoms with van der Waals surface area (Å²) in [6.07, 6.45) is 1.56. The number of hydrogen-bond donors (Lipinski definition) is 1. The third-order valence-corrected chi connectivity index (χ3v) is 4.21. The molecule has 0 unspecified atom stereocenters. The van der Waals surface area contributed by atoms with Crippen molar-refractivity contribution in [2.75, 3.05) is 13.2 Å². The maximum atomic E-state index is 12.1. The van der Waals surface area contributed by atoms with Crippen LogP contribution < -0.4 is 14.9 Å². The van der Waals surface area contributed by atoms with Crippen molar-refractivity contribution < 1.29 is 14.3 Å². The van der Waals surface area contributed by atoms with E-state index >= 15 is 0 Å². The van der Waals surface area contributed by atoms with Gasteiger partial charge in [0.15, 0.2) is 6.61 Å². The van der Waals surface area contributed by atoms with Crippen LogP contribution in [-0.2, 0) is 10.2 Å². The van der Waals surface area contributed by atoms with Gasteiger partial charge < -0.3 is 9.47 Å². The molecule has 0 aromatic heterocycles. The summed E-state index contributed by atoms with van der Waals surface area (Å²) in [4.78, 5) is 12.1. The molecular formula is C21H25BrN2O3. The molecule has 144 valence electrons. The van der Waals surface area contributed by atoms with E-state index < -0.39 is 0 Å². The van der Waals surface area contributed by atoms with Crippen molar-refractivity contribution >= 4 is 28.1 Å². The third-order valence-electron chi connectivity index (χ3n) is 3.72. The Morgan fingerprint density at radius 2 is 1.89 bits per heavy atom. The normalized spacial score (nSPS) is 11.4. The molecule has 0 saturated heterocycles. The number of nitrogens with zero attached hydrogens (tertiary/aromatic N) is 1. The number of benzene rings is 2. The highest BCUT2D eigenvalue weighted by molar-refractivity contribution is 9.10. The molecule has 0 bridgehead atoms. The van der Waals surface area contributed by atoms with Crippen LogP contribution in [-0.4, -0.2) is 25.3 Å². The zero-order valence-electron chi connectivity index (χ0n) is 16.1. The number of halogens is 1. The van der Waals surface area contributed by atoms with Gasteiger partial charge in [0.25, 0.3) is 5.91 Å². The molecule has 6 heteroatoms. The highest BCUT2D eigenvalue weighted by Gasteiger charge is 2.19. The van der Waals surface area contributed by atoms with Crippen molar-refractivity contribution in [3.8, 4) is 11.5 Å². The van der Waals surface area contributed by atoms with Crippen molar-refractivity contribution in [2.45, 2.75) is 33.1 Å². The first-order chi connectivity index (χ1) is 12.8. The molecule has 0 saturated carbocycles. The lowest BCUT2D eigenvalue weighted by Gasteiger charge is -2.23. The van der Waals surface area contributed by atoms with E-state index in [2.05, 4.69) is 47.2 Å². The largest absolute Gasteiger partial charge is 0.493 e. The summed E-state index contributed by atoms with van der Waals surface area (Å²) in [7, 11) is 0. The summed E-state index contributed by atoms with van der Waals surface area (Å²) in [6.45, 7) is 8.66. The third kappa shape index (κ3) is 6.40. The van der Waals surface area contributed by atoms with Crippen LogP contribution in [0.4, 0.5) is 0 Å². The molecule has 0 fully saturated rings. The van der Waals surface area contributed by atoms with Crippen molar-refractivity contribution in [1.29, 1.82) is 0 Å². The smallest absolute Gasteiger partial charge is 0.277 e. The number of amides is 1. The molecule has 5 nitrogen and oxygen atoms in total. The fraction of sp³-hybridized carbons (Fsp3) is 0.333. The maximum Gasteiger partial charge on any atom is 0.277 e. The van der Waals surface area contributed by atoms with Gasteiger partial charge in [-0.1, -0.05) is 48.8 Å². The van der Waals surface area contributed by atoms with Gasteiger partial charge in [-0.2, -0.15) is 5.10 Å². The summed E-state index contributed by atoms with van der Waals surface area (Å²) in [5, 5.41) is 3.99. The Labute approximate surface area is 168 Å². The Morgan fingerprint density at radius 3 is 2.59 bits per heavy atom. The van der Waals surface area contributed by atoms with E-state index in [1.807, 2.05) is 49.4 Å². The van der Waals surface area contributed by atoms with E-state index in [-0.39, 0.29) is 17.9 Å². The summed E-state index contributed by atoms with van der Waals surface area (Å²) in [5.41, 5.74) is 4.20. The minimum atomic E-state index is -0.331. The van der Waals surface area contributed by atoms with Crippen molar-refractivity contribution in [3.05, 3.63) is 58.1 Å². The Hall–Kier alpha value is -2.34. The summed E-state index contributed by atoms with van der Waals surface area (Å²) < 4.78 is 12.2. The van der Waals surface area contributed by atoms with Crippen LogP contribution in [0, 0.1) is 0 Å². The first-order valence-corrected chi connectivity index (χ1v) is 9.57. The highest BCUT2D eigenvalue weighted by atomic mass is 79.9. The number of ether oxygens (including phenoxy) is 2. The number of para-hydroxylation sites is 1. The molecule has 1 N–H and O–H groups in total. The van der Waals surface area contributed by atoms with E-state index in [0.29, 0.717) is 12.4 Å². The zero-order valence-corrected chi connectivity index (χ0v) is 17.7. The second-order valence-electron chi connectivity index (χ2n) is 6.94. The number of carbonyl (C=O) groups excluding carboxylic acids is 1. The van der Waals surface area contributed by atoms with Gasteiger partial charge in [0.2, 0.25) is 0 Å². The molecule has 27 heavy (non-hydrogen) atoms. The number of carbonyl (C=O) groups is 1. The fourth-order valence-electron chi connectivity index (χ4n) is 2.44. The van der Waals surface area contributed by atoms with Crippen LogP contribution >= 0.6 is 15.9 Å². The van der Waals surface area contributed by atoms with Gasteiger partial charge in [-0.05, 0) is 42.7 Å². The van der Waals surface area contributed by atoms with Crippen LogP contribution in [0.25, 0.3) is 0 Å². The first kappa shape index (κ1) is 21.0. The van der Waals surface area contributed by atoms with Crippen LogP contribution in [0.1, 0.15) is 38.8 Å². The topological polar surface area (TPSA) is 59.9 Å². The summed E-state index contributed by atoms with van der Waals surface area (Å²) in [5.74, 6) is 1.08. The molecule has 2 aromatic carbocycles. The monoisotopic (exact) mass is 432 g/mol. The van der Waals surface area contributed by atoms with E-state index in [1.54, 1.807) is 6.21 Å². The zero-order chi connectivity index (χ0) is 19.9. The maximum absolute atomic E-state index is 12.1. The number of rotatable bonds is 7. The van der Waals surface area contributed by atoms with Crippen LogP contribution in [0.3, 0.4) is 0 Å². The average molecular weight is 433 g/mol. The molecule has 0 atom stereocenters. The summed E-state index contributed by atoms with van der Waals surface area (Å²) >= 11 is 3.48. The van der Waals surface area contributed by atoms with Gasteiger partial charge in [-0.25, -0.2) is 5.43 Å². The highest BCUT2D eigenvalue weighted by Crippen LogP contribution is 2.33. The Balaban J connectivity index is 1.96. The Bertz CT molecular complexity index is 813. The molecule has 0 heterocycles. The molecule has 0 aliphatic heterocycles. The van der Waals surface area contributed by atoms with Gasteiger partial charge in [0, 0.05) is 15.6 Å². The average Bonchev–Trinajstić information content (AvgIpc) is 2.61. The molecule has 0 aliphatic rings. The van der Waals surface area contributed by atoms with Crippen molar-refractivity contribution in [2.24, 2.45) is 5.10 Å². The lowest BCUT2D eigenvalue weighted by atomic mass is 9.86. The van der Waals surface area contributed by atoms with Gasteiger partial charge in [-0.15, -0.1) is 0 Å². The molecule has 0 spiro atoms. The van der Waals surface area contributed by atoms with E-state index in [0.717, 1.165) is 21.3 Å². The lowest BCUT2D eigenvalue weighted by Crippen LogP contribution is -2.25. The number of hydrazone groups is 1.